The van der Waals surface area contributed by atoms with E-state index in [1.54, 1.807) is 12.1 Å². The summed E-state index contributed by atoms with van der Waals surface area (Å²) in [6.45, 7) is 1.90. The minimum absolute atomic E-state index is 0.120. The molecule has 0 aliphatic carbocycles. The van der Waals surface area contributed by atoms with Crippen LogP contribution in [-0.4, -0.2) is 22.2 Å². The highest BCUT2D eigenvalue weighted by Gasteiger charge is 2.27. The molecule has 0 unspecified atom stereocenters. The van der Waals surface area contributed by atoms with Crippen molar-refractivity contribution in [2.75, 3.05) is 0 Å². The molecule has 15 heavy (non-hydrogen) atoms. The van der Waals surface area contributed by atoms with Gasteiger partial charge >= 0.3 is 11.9 Å². The van der Waals surface area contributed by atoms with E-state index in [9.17, 15) is 9.59 Å². The van der Waals surface area contributed by atoms with Crippen LogP contribution in [0.4, 0.5) is 0 Å². The molecule has 0 amide bonds. The van der Waals surface area contributed by atoms with E-state index in [0.29, 0.717) is 12.2 Å². The third-order valence-corrected chi connectivity index (χ3v) is 2.07. The maximum Gasteiger partial charge on any atom is 0.318 e. The lowest BCUT2D eigenvalue weighted by Crippen LogP contribution is -2.25. The molecule has 82 valence electrons. The van der Waals surface area contributed by atoms with E-state index in [1.807, 2.05) is 6.92 Å². The Morgan fingerprint density at radius 1 is 1.27 bits per heavy atom. The Morgan fingerprint density at radius 2 is 1.80 bits per heavy atom. The minimum Gasteiger partial charge on any atom is -0.481 e. The van der Waals surface area contributed by atoms with Crippen LogP contribution in [0.1, 0.15) is 18.4 Å². The van der Waals surface area contributed by atoms with E-state index in [4.69, 9.17) is 14.6 Å². The van der Waals surface area contributed by atoms with Crippen LogP contribution < -0.4 is 0 Å². The number of hydrogen-bond donors (Lipinski definition) is 2. The first-order valence-electron chi connectivity index (χ1n) is 4.57. The van der Waals surface area contributed by atoms with E-state index in [1.165, 1.54) is 0 Å². The van der Waals surface area contributed by atoms with E-state index >= 15 is 0 Å². The van der Waals surface area contributed by atoms with Gasteiger partial charge in [-0.05, 0) is 12.1 Å². The molecule has 0 aliphatic rings. The maximum absolute atomic E-state index is 10.6. The second-order valence-corrected chi connectivity index (χ2v) is 3.15. The summed E-state index contributed by atoms with van der Waals surface area (Å²) in [6.07, 6.45) is 0.579. The summed E-state index contributed by atoms with van der Waals surface area (Å²) in [5.74, 6) is -3.03. The fraction of sp³-hybridized carbons (Fsp3) is 0.400. The first-order chi connectivity index (χ1) is 7.04. The number of aliphatic carboxylic acids is 2. The van der Waals surface area contributed by atoms with Crippen molar-refractivity contribution in [2.24, 2.45) is 5.92 Å². The molecule has 0 spiro atoms. The van der Waals surface area contributed by atoms with Crippen LogP contribution in [0.3, 0.4) is 0 Å². The van der Waals surface area contributed by atoms with Crippen molar-refractivity contribution in [3.05, 3.63) is 23.7 Å². The predicted octanol–water partition coefficient (Wildman–Crippen LogP) is 1.17. The van der Waals surface area contributed by atoms with Crippen molar-refractivity contribution in [1.29, 1.82) is 0 Å². The Bertz CT molecular complexity index is 352. The first-order valence-corrected chi connectivity index (χ1v) is 4.57. The van der Waals surface area contributed by atoms with Gasteiger partial charge in [0, 0.05) is 12.8 Å². The van der Waals surface area contributed by atoms with Crippen LogP contribution in [0, 0.1) is 5.92 Å². The summed E-state index contributed by atoms with van der Waals surface area (Å²) in [5.41, 5.74) is 0. The van der Waals surface area contributed by atoms with Gasteiger partial charge in [0.15, 0.2) is 5.92 Å². The lowest BCUT2D eigenvalue weighted by Gasteiger charge is -2.04. The average molecular weight is 212 g/mol. The number of carbonyl (C=O) groups is 2. The molecule has 5 nitrogen and oxygen atoms in total. The van der Waals surface area contributed by atoms with Crippen LogP contribution in [0.25, 0.3) is 0 Å². The van der Waals surface area contributed by atoms with Crippen molar-refractivity contribution in [3.63, 3.8) is 0 Å². The fourth-order valence-electron chi connectivity index (χ4n) is 1.20. The smallest absolute Gasteiger partial charge is 0.318 e. The van der Waals surface area contributed by atoms with E-state index < -0.39 is 17.9 Å². The Hall–Kier alpha value is -1.78. The van der Waals surface area contributed by atoms with Gasteiger partial charge in [0.2, 0.25) is 0 Å². The van der Waals surface area contributed by atoms with Crippen molar-refractivity contribution in [1.82, 2.24) is 0 Å². The number of aryl methyl sites for hydroxylation is 1. The molecule has 1 aromatic rings. The molecule has 5 heteroatoms. The van der Waals surface area contributed by atoms with E-state index in [2.05, 4.69) is 0 Å². The normalized spacial score (nSPS) is 10.5. The van der Waals surface area contributed by atoms with Crippen molar-refractivity contribution >= 4 is 11.9 Å². The number of carboxylic acid groups (broad SMARTS) is 2. The topological polar surface area (TPSA) is 87.7 Å². The molecule has 0 fully saturated rings. The van der Waals surface area contributed by atoms with Gasteiger partial charge < -0.3 is 14.6 Å². The van der Waals surface area contributed by atoms with Crippen LogP contribution in [0.5, 0.6) is 0 Å². The molecule has 0 bridgehead atoms. The largest absolute Gasteiger partial charge is 0.481 e. The highest BCUT2D eigenvalue weighted by molar-refractivity contribution is 5.93. The Morgan fingerprint density at radius 3 is 2.20 bits per heavy atom. The zero-order chi connectivity index (χ0) is 11.4. The van der Waals surface area contributed by atoms with Crippen molar-refractivity contribution in [2.45, 2.75) is 19.8 Å². The highest BCUT2D eigenvalue weighted by Crippen LogP contribution is 2.14. The van der Waals surface area contributed by atoms with Crippen LogP contribution >= 0.6 is 0 Å². The third kappa shape index (κ3) is 2.83. The van der Waals surface area contributed by atoms with Crippen molar-refractivity contribution < 1.29 is 24.2 Å². The molecular formula is C10H12O5. The summed E-state index contributed by atoms with van der Waals surface area (Å²) in [6, 6.07) is 3.33. The Labute approximate surface area is 86.3 Å². The van der Waals surface area contributed by atoms with Gasteiger partial charge in [0.05, 0.1) is 0 Å². The molecule has 1 aromatic heterocycles. The third-order valence-electron chi connectivity index (χ3n) is 2.07. The maximum atomic E-state index is 10.6. The molecule has 2 N–H and O–H groups in total. The van der Waals surface area contributed by atoms with E-state index in [-0.39, 0.29) is 6.42 Å². The summed E-state index contributed by atoms with van der Waals surface area (Å²) < 4.78 is 5.24. The van der Waals surface area contributed by atoms with Gasteiger partial charge in [-0.25, -0.2) is 0 Å². The average Bonchev–Trinajstić information content (AvgIpc) is 2.60. The summed E-state index contributed by atoms with van der Waals surface area (Å²) >= 11 is 0. The fourth-order valence-corrected chi connectivity index (χ4v) is 1.20. The monoisotopic (exact) mass is 212 g/mol. The zero-order valence-corrected chi connectivity index (χ0v) is 8.27. The summed E-state index contributed by atoms with van der Waals surface area (Å²) in [4.78, 5) is 21.2. The summed E-state index contributed by atoms with van der Waals surface area (Å²) in [5, 5.41) is 17.3. The van der Waals surface area contributed by atoms with E-state index in [0.717, 1.165) is 5.76 Å². The van der Waals surface area contributed by atoms with Crippen LogP contribution in [0.2, 0.25) is 0 Å². The van der Waals surface area contributed by atoms with Gasteiger partial charge in [-0.2, -0.15) is 0 Å². The second kappa shape index (κ2) is 4.63. The standard InChI is InChI=1S/C10H12O5/c1-2-6-3-4-7(15-6)5-8(9(11)12)10(13)14/h3-4,8H,2,5H2,1H3,(H,11,12)(H,13,14). The van der Waals surface area contributed by atoms with Gasteiger partial charge in [-0.3, -0.25) is 9.59 Å². The second-order valence-electron chi connectivity index (χ2n) is 3.15. The Kier molecular flexibility index (Phi) is 3.49. The molecule has 0 aliphatic heterocycles. The molecule has 0 saturated carbocycles. The van der Waals surface area contributed by atoms with Crippen molar-refractivity contribution in [3.8, 4) is 0 Å². The molecule has 0 atom stereocenters. The predicted molar refractivity (Wildman–Crippen MR) is 50.6 cm³/mol. The molecular weight excluding hydrogens is 200 g/mol. The number of hydrogen-bond acceptors (Lipinski definition) is 3. The van der Waals surface area contributed by atoms with Crippen LogP contribution in [-0.2, 0) is 22.4 Å². The SMILES string of the molecule is CCc1ccc(CC(C(=O)O)C(=O)O)o1. The quantitative estimate of drug-likeness (QED) is 0.715. The molecule has 0 radical (unpaired) electrons. The summed E-state index contributed by atoms with van der Waals surface area (Å²) in [7, 11) is 0. The zero-order valence-electron chi connectivity index (χ0n) is 8.27. The van der Waals surface area contributed by atoms with Crippen LogP contribution in [0.15, 0.2) is 16.5 Å². The lowest BCUT2D eigenvalue weighted by atomic mass is 10.1. The highest BCUT2D eigenvalue weighted by atomic mass is 16.4. The Balaban J connectivity index is 2.74. The minimum atomic E-state index is -1.44. The van der Waals surface area contributed by atoms with Gasteiger partial charge in [0.25, 0.3) is 0 Å². The van der Waals surface area contributed by atoms with Gasteiger partial charge in [-0.15, -0.1) is 0 Å². The molecule has 0 aromatic carbocycles. The first kappa shape index (κ1) is 11.3. The number of rotatable bonds is 5. The number of furan rings is 1. The lowest BCUT2D eigenvalue weighted by molar-refractivity contribution is -0.154. The van der Waals surface area contributed by atoms with Gasteiger partial charge in [0.1, 0.15) is 11.5 Å². The molecule has 0 saturated heterocycles. The molecule has 1 heterocycles. The van der Waals surface area contributed by atoms with Gasteiger partial charge in [-0.1, -0.05) is 6.92 Å². The number of carboxylic acids is 2. The molecule has 1 rings (SSSR count).